The van der Waals surface area contributed by atoms with Crippen LogP contribution in [0.4, 0.5) is 0 Å². The molecular formula is C18H13NO5. The Balaban J connectivity index is 2.17. The molecule has 120 valence electrons. The van der Waals surface area contributed by atoms with Crippen LogP contribution in [0, 0.1) is 6.92 Å². The van der Waals surface area contributed by atoms with Crippen LogP contribution in [0.2, 0.25) is 0 Å². The molecule has 1 N–H and O–H groups in total. The highest BCUT2D eigenvalue weighted by atomic mass is 16.4. The van der Waals surface area contributed by atoms with E-state index < -0.39 is 29.0 Å². The highest BCUT2D eigenvalue weighted by Crippen LogP contribution is 2.20. The predicted molar refractivity (Wildman–Crippen MR) is 86.2 cm³/mol. The van der Waals surface area contributed by atoms with Gasteiger partial charge in [-0.2, -0.15) is 0 Å². The van der Waals surface area contributed by atoms with E-state index in [0.717, 1.165) is 5.56 Å². The monoisotopic (exact) mass is 323 g/mol. The van der Waals surface area contributed by atoms with E-state index in [9.17, 15) is 19.5 Å². The number of carboxylic acid groups (broad SMARTS) is 1. The minimum atomic E-state index is -1.71. The Morgan fingerprint density at radius 3 is 2.50 bits per heavy atom. The number of fused-ring (bicyclic) bond motifs is 1. The molecule has 6 heteroatoms. The van der Waals surface area contributed by atoms with E-state index in [4.69, 9.17) is 4.42 Å². The molecule has 0 aliphatic carbocycles. The molecule has 0 saturated heterocycles. The average Bonchev–Trinajstić information content (AvgIpc) is 2.56. The number of hydrogen-bond donors (Lipinski definition) is 1. The van der Waals surface area contributed by atoms with E-state index in [0.29, 0.717) is 5.52 Å². The highest BCUT2D eigenvalue weighted by Gasteiger charge is 2.34. The van der Waals surface area contributed by atoms with Crippen molar-refractivity contribution in [2.75, 3.05) is 0 Å². The summed E-state index contributed by atoms with van der Waals surface area (Å²) in [4.78, 5) is 40.4. The first-order valence-electron chi connectivity index (χ1n) is 7.21. The second kappa shape index (κ2) is 6.08. The van der Waals surface area contributed by atoms with Crippen LogP contribution in [0.1, 0.15) is 27.5 Å². The number of benzene rings is 2. The van der Waals surface area contributed by atoms with Crippen molar-refractivity contribution in [3.8, 4) is 0 Å². The standard InChI is InChI=1S/C18H13NO5/c1-10-7-8-13-12(9-10)19-15(18(23)24-13)14(17(21)22)16(20)11-5-3-2-4-6-11/h2-9,14H,1H3,(H,21,22). The maximum absolute atomic E-state index is 12.5. The minimum Gasteiger partial charge on any atom is -0.480 e. The summed E-state index contributed by atoms with van der Waals surface area (Å²) in [6.07, 6.45) is 0. The average molecular weight is 323 g/mol. The lowest BCUT2D eigenvalue weighted by Crippen LogP contribution is -2.28. The molecule has 6 nitrogen and oxygen atoms in total. The normalized spacial score (nSPS) is 12.0. The molecule has 0 aliphatic rings. The van der Waals surface area contributed by atoms with Crippen LogP contribution in [0.15, 0.2) is 57.7 Å². The van der Waals surface area contributed by atoms with Gasteiger partial charge in [0.05, 0.1) is 0 Å². The van der Waals surface area contributed by atoms with Crippen molar-refractivity contribution < 1.29 is 19.1 Å². The maximum atomic E-state index is 12.5. The van der Waals surface area contributed by atoms with Gasteiger partial charge >= 0.3 is 11.6 Å². The zero-order valence-corrected chi connectivity index (χ0v) is 12.7. The number of carbonyl (C=O) groups is 2. The largest absolute Gasteiger partial charge is 0.480 e. The van der Waals surface area contributed by atoms with Crippen LogP contribution < -0.4 is 5.63 Å². The number of rotatable bonds is 4. The minimum absolute atomic E-state index is 0.190. The van der Waals surface area contributed by atoms with Gasteiger partial charge in [0.2, 0.25) is 0 Å². The Hall–Kier alpha value is -3.28. The first kappa shape index (κ1) is 15.6. The third kappa shape index (κ3) is 2.81. The Labute approximate surface area is 136 Å². The van der Waals surface area contributed by atoms with Crippen molar-refractivity contribution >= 4 is 22.9 Å². The van der Waals surface area contributed by atoms with Crippen molar-refractivity contribution in [1.82, 2.24) is 4.98 Å². The quantitative estimate of drug-likeness (QED) is 0.585. The third-order valence-electron chi connectivity index (χ3n) is 3.61. The zero-order valence-electron chi connectivity index (χ0n) is 12.7. The summed E-state index contributed by atoms with van der Waals surface area (Å²) in [5.41, 5.74) is 0.284. The third-order valence-corrected chi connectivity index (χ3v) is 3.61. The van der Waals surface area contributed by atoms with E-state index in [1.54, 1.807) is 36.4 Å². The summed E-state index contributed by atoms with van der Waals surface area (Å²) in [7, 11) is 0. The van der Waals surface area contributed by atoms with Crippen molar-refractivity contribution in [2.45, 2.75) is 12.8 Å². The molecule has 1 atom stereocenters. The number of aromatic nitrogens is 1. The van der Waals surface area contributed by atoms with Gasteiger partial charge in [0, 0.05) is 5.56 Å². The molecule has 3 rings (SSSR count). The first-order chi connectivity index (χ1) is 11.5. The van der Waals surface area contributed by atoms with Crippen LogP contribution in [-0.4, -0.2) is 21.8 Å². The molecule has 24 heavy (non-hydrogen) atoms. The fraction of sp³-hybridized carbons (Fsp3) is 0.111. The zero-order chi connectivity index (χ0) is 17.3. The van der Waals surface area contributed by atoms with E-state index in [2.05, 4.69) is 4.98 Å². The van der Waals surface area contributed by atoms with Gasteiger partial charge in [0.25, 0.3) is 0 Å². The van der Waals surface area contributed by atoms with Gasteiger partial charge in [-0.3, -0.25) is 9.59 Å². The summed E-state index contributed by atoms with van der Waals surface area (Å²) >= 11 is 0. The van der Waals surface area contributed by atoms with Crippen LogP contribution in [0.25, 0.3) is 11.1 Å². The molecule has 1 aromatic heterocycles. The first-order valence-corrected chi connectivity index (χ1v) is 7.21. The van der Waals surface area contributed by atoms with Gasteiger partial charge in [-0.1, -0.05) is 36.4 Å². The van der Waals surface area contributed by atoms with Crippen LogP contribution >= 0.6 is 0 Å². The van der Waals surface area contributed by atoms with Gasteiger partial charge in [-0.25, -0.2) is 9.78 Å². The molecule has 0 amide bonds. The Morgan fingerprint density at radius 1 is 1.12 bits per heavy atom. The summed E-state index contributed by atoms with van der Waals surface area (Å²) in [6.45, 7) is 1.83. The number of hydrogen-bond acceptors (Lipinski definition) is 5. The Kier molecular flexibility index (Phi) is 3.95. The number of Topliss-reactive ketones (excluding diaryl/α,β-unsaturated/α-hetero) is 1. The van der Waals surface area contributed by atoms with Crippen LogP contribution in [-0.2, 0) is 4.79 Å². The van der Waals surface area contributed by atoms with Crippen molar-refractivity contribution in [2.24, 2.45) is 0 Å². The lowest BCUT2D eigenvalue weighted by Gasteiger charge is -2.10. The molecule has 3 aromatic rings. The molecule has 1 heterocycles. The number of carboxylic acids is 1. The van der Waals surface area contributed by atoms with Gasteiger partial charge in [-0.05, 0) is 24.6 Å². The van der Waals surface area contributed by atoms with Crippen molar-refractivity contribution in [3.05, 3.63) is 75.8 Å². The lowest BCUT2D eigenvalue weighted by molar-refractivity contribution is -0.137. The molecule has 0 radical (unpaired) electrons. The second-order valence-corrected chi connectivity index (χ2v) is 5.36. The smallest absolute Gasteiger partial charge is 0.359 e. The van der Waals surface area contributed by atoms with Crippen molar-refractivity contribution in [1.29, 1.82) is 0 Å². The molecule has 0 spiro atoms. The van der Waals surface area contributed by atoms with Gasteiger partial charge in [0.1, 0.15) is 11.2 Å². The molecular weight excluding hydrogens is 310 g/mol. The number of aryl methyl sites for hydroxylation is 1. The lowest BCUT2D eigenvalue weighted by atomic mass is 9.95. The molecule has 1 unspecified atom stereocenters. The van der Waals surface area contributed by atoms with E-state index >= 15 is 0 Å². The molecule has 0 fully saturated rings. The topological polar surface area (TPSA) is 97.5 Å². The maximum Gasteiger partial charge on any atom is 0.359 e. The molecule has 2 aromatic carbocycles. The number of nitrogens with zero attached hydrogens (tertiary/aromatic N) is 1. The summed E-state index contributed by atoms with van der Waals surface area (Å²) in [6, 6.07) is 12.9. The van der Waals surface area contributed by atoms with E-state index in [-0.39, 0.29) is 11.1 Å². The van der Waals surface area contributed by atoms with Crippen LogP contribution in [0.5, 0.6) is 0 Å². The Morgan fingerprint density at radius 2 is 1.83 bits per heavy atom. The van der Waals surface area contributed by atoms with E-state index in [1.165, 1.54) is 12.1 Å². The molecule has 0 bridgehead atoms. The summed E-state index contributed by atoms with van der Waals surface area (Å²) in [5.74, 6) is -3.88. The van der Waals surface area contributed by atoms with E-state index in [1.807, 2.05) is 6.92 Å². The summed E-state index contributed by atoms with van der Waals surface area (Å²) < 4.78 is 5.13. The SMILES string of the molecule is Cc1ccc2oc(=O)c(C(C(=O)O)C(=O)c3ccccc3)nc2c1. The predicted octanol–water partition coefficient (Wildman–Crippen LogP) is 2.55. The van der Waals surface area contributed by atoms with Gasteiger partial charge < -0.3 is 9.52 Å². The molecule has 0 saturated carbocycles. The second-order valence-electron chi connectivity index (χ2n) is 5.36. The van der Waals surface area contributed by atoms with Crippen molar-refractivity contribution in [3.63, 3.8) is 0 Å². The fourth-order valence-corrected chi connectivity index (χ4v) is 2.43. The van der Waals surface area contributed by atoms with Crippen LogP contribution in [0.3, 0.4) is 0 Å². The number of ketones is 1. The van der Waals surface area contributed by atoms with Gasteiger partial charge in [-0.15, -0.1) is 0 Å². The summed E-state index contributed by atoms with van der Waals surface area (Å²) in [5, 5.41) is 9.47. The number of aliphatic carboxylic acids is 1. The molecule has 0 aliphatic heterocycles. The number of carbonyl (C=O) groups excluding carboxylic acids is 1. The highest BCUT2D eigenvalue weighted by molar-refractivity contribution is 6.12. The van der Waals surface area contributed by atoms with Gasteiger partial charge in [0.15, 0.2) is 17.3 Å². The fourth-order valence-electron chi connectivity index (χ4n) is 2.43. The Bertz CT molecular complexity index is 991.